The van der Waals surface area contributed by atoms with E-state index in [-0.39, 0.29) is 24.5 Å². The van der Waals surface area contributed by atoms with Crippen molar-refractivity contribution in [3.63, 3.8) is 0 Å². The molecule has 1 heterocycles. The SMILES string of the molecule is CCOc1ccc(NC(=O)N(CCOC)CC(=O)N(Cc2cccn2C)C2CC2)cc1. The number of benzene rings is 1. The number of urea groups is 1. The largest absolute Gasteiger partial charge is 0.494 e. The second-order valence-electron chi connectivity index (χ2n) is 7.67. The Kier molecular flexibility index (Phi) is 7.94. The molecule has 0 saturated heterocycles. The van der Waals surface area contributed by atoms with Crippen LogP contribution in [0, 0.1) is 0 Å². The van der Waals surface area contributed by atoms with Gasteiger partial charge in [0.15, 0.2) is 0 Å². The van der Waals surface area contributed by atoms with Crippen LogP contribution in [0.5, 0.6) is 5.75 Å². The van der Waals surface area contributed by atoms with E-state index in [4.69, 9.17) is 9.47 Å². The second kappa shape index (κ2) is 10.9. The number of rotatable bonds is 11. The number of aromatic nitrogens is 1. The lowest BCUT2D eigenvalue weighted by atomic mass is 10.3. The van der Waals surface area contributed by atoms with Gasteiger partial charge < -0.3 is 29.2 Å². The lowest BCUT2D eigenvalue weighted by Crippen LogP contribution is -2.46. The summed E-state index contributed by atoms with van der Waals surface area (Å²) in [4.78, 5) is 29.4. The predicted octanol–water partition coefficient (Wildman–Crippen LogP) is 3.10. The highest BCUT2D eigenvalue weighted by atomic mass is 16.5. The Balaban J connectivity index is 1.65. The van der Waals surface area contributed by atoms with Crippen LogP contribution in [0.1, 0.15) is 25.5 Å². The van der Waals surface area contributed by atoms with Crippen molar-refractivity contribution in [3.8, 4) is 5.75 Å². The third kappa shape index (κ3) is 6.49. The van der Waals surface area contributed by atoms with Crippen LogP contribution in [-0.4, -0.2) is 65.8 Å². The number of methoxy groups -OCH3 is 1. The maximum atomic E-state index is 13.1. The van der Waals surface area contributed by atoms with Gasteiger partial charge in [0.2, 0.25) is 5.91 Å². The summed E-state index contributed by atoms with van der Waals surface area (Å²) in [5.74, 6) is 0.689. The Bertz CT molecular complexity index is 861. The molecular formula is C23H32N4O4. The molecule has 1 fully saturated rings. The van der Waals surface area contributed by atoms with Gasteiger partial charge in [-0.15, -0.1) is 0 Å². The Morgan fingerprint density at radius 2 is 1.94 bits per heavy atom. The van der Waals surface area contributed by atoms with Crippen LogP contribution in [0.3, 0.4) is 0 Å². The maximum absolute atomic E-state index is 13.1. The van der Waals surface area contributed by atoms with Gasteiger partial charge in [-0.1, -0.05) is 0 Å². The summed E-state index contributed by atoms with van der Waals surface area (Å²) in [5.41, 5.74) is 1.72. The van der Waals surface area contributed by atoms with Gasteiger partial charge in [-0.2, -0.15) is 0 Å². The molecule has 31 heavy (non-hydrogen) atoms. The minimum absolute atomic E-state index is 0.00709. The number of carbonyl (C=O) groups is 2. The number of ether oxygens (including phenoxy) is 2. The van der Waals surface area contributed by atoms with Gasteiger partial charge in [-0.05, 0) is 56.2 Å². The summed E-state index contributed by atoms with van der Waals surface area (Å²) in [7, 11) is 3.55. The summed E-state index contributed by atoms with van der Waals surface area (Å²) in [6.07, 6.45) is 3.99. The fourth-order valence-corrected chi connectivity index (χ4v) is 3.35. The highest BCUT2D eigenvalue weighted by Gasteiger charge is 2.34. The Labute approximate surface area is 183 Å². The number of nitrogens with zero attached hydrogens (tertiary/aromatic N) is 3. The van der Waals surface area contributed by atoms with Crippen molar-refractivity contribution in [1.82, 2.24) is 14.4 Å². The third-order valence-corrected chi connectivity index (χ3v) is 5.29. The first kappa shape index (κ1) is 22.7. The van der Waals surface area contributed by atoms with E-state index in [1.165, 1.54) is 4.90 Å². The second-order valence-corrected chi connectivity index (χ2v) is 7.67. The Hall–Kier alpha value is -3.00. The van der Waals surface area contributed by atoms with E-state index in [9.17, 15) is 9.59 Å². The maximum Gasteiger partial charge on any atom is 0.322 e. The van der Waals surface area contributed by atoms with Gasteiger partial charge in [-0.3, -0.25) is 4.79 Å². The van der Waals surface area contributed by atoms with Crippen LogP contribution in [0.25, 0.3) is 0 Å². The Morgan fingerprint density at radius 1 is 1.19 bits per heavy atom. The molecule has 0 bridgehead atoms. The molecule has 1 aromatic carbocycles. The zero-order valence-electron chi connectivity index (χ0n) is 18.5. The Morgan fingerprint density at radius 3 is 2.52 bits per heavy atom. The highest BCUT2D eigenvalue weighted by molar-refractivity contribution is 5.92. The van der Waals surface area contributed by atoms with Crippen LogP contribution < -0.4 is 10.1 Å². The fourth-order valence-electron chi connectivity index (χ4n) is 3.35. The average molecular weight is 429 g/mol. The average Bonchev–Trinajstić information content (AvgIpc) is 3.52. The predicted molar refractivity (Wildman–Crippen MR) is 119 cm³/mol. The summed E-state index contributed by atoms with van der Waals surface area (Å²) >= 11 is 0. The monoisotopic (exact) mass is 428 g/mol. The van der Waals surface area contributed by atoms with Gasteiger partial charge in [0.25, 0.3) is 0 Å². The molecule has 0 atom stereocenters. The van der Waals surface area contributed by atoms with Crippen molar-refractivity contribution in [2.75, 3.05) is 38.7 Å². The number of amides is 3. The van der Waals surface area contributed by atoms with Crippen molar-refractivity contribution in [3.05, 3.63) is 48.3 Å². The van der Waals surface area contributed by atoms with Gasteiger partial charge in [-0.25, -0.2) is 4.79 Å². The van der Waals surface area contributed by atoms with Crippen molar-refractivity contribution in [1.29, 1.82) is 0 Å². The van der Waals surface area contributed by atoms with E-state index < -0.39 is 0 Å². The molecule has 3 rings (SSSR count). The first-order valence-corrected chi connectivity index (χ1v) is 10.7. The summed E-state index contributed by atoms with van der Waals surface area (Å²) < 4.78 is 12.6. The van der Waals surface area contributed by atoms with E-state index in [1.54, 1.807) is 31.4 Å². The number of hydrogen-bond donors (Lipinski definition) is 1. The molecule has 8 heteroatoms. The molecule has 8 nitrogen and oxygen atoms in total. The number of nitrogens with one attached hydrogen (secondary N) is 1. The van der Waals surface area contributed by atoms with Crippen LogP contribution in [-0.2, 0) is 23.1 Å². The molecule has 3 amide bonds. The van der Waals surface area contributed by atoms with Gasteiger partial charge in [0.05, 0.1) is 19.8 Å². The molecule has 1 aliphatic carbocycles. The normalized spacial score (nSPS) is 13.0. The lowest BCUT2D eigenvalue weighted by molar-refractivity contribution is -0.133. The van der Waals surface area contributed by atoms with E-state index in [1.807, 2.05) is 41.8 Å². The standard InChI is InChI=1S/C23H32N4O4/c1-4-31-21-11-7-18(8-12-21)24-23(29)26(14-15-30-3)17-22(28)27(19-9-10-19)16-20-6-5-13-25(20)2/h5-8,11-13,19H,4,9-10,14-17H2,1-3H3,(H,24,29). The lowest BCUT2D eigenvalue weighted by Gasteiger charge is -2.28. The molecule has 1 saturated carbocycles. The summed E-state index contributed by atoms with van der Waals surface area (Å²) in [5, 5.41) is 2.87. The van der Waals surface area contributed by atoms with E-state index in [0.717, 1.165) is 24.3 Å². The quantitative estimate of drug-likeness (QED) is 0.597. The zero-order chi connectivity index (χ0) is 22.2. The first-order valence-electron chi connectivity index (χ1n) is 10.7. The molecule has 2 aromatic rings. The zero-order valence-corrected chi connectivity index (χ0v) is 18.5. The number of hydrogen-bond acceptors (Lipinski definition) is 4. The molecule has 0 radical (unpaired) electrons. The molecule has 168 valence electrons. The molecule has 1 aromatic heterocycles. The van der Waals surface area contributed by atoms with Gasteiger partial charge >= 0.3 is 6.03 Å². The molecule has 0 aliphatic heterocycles. The van der Waals surface area contributed by atoms with Crippen LogP contribution in [0.15, 0.2) is 42.6 Å². The van der Waals surface area contributed by atoms with E-state index in [0.29, 0.717) is 32.0 Å². The highest BCUT2D eigenvalue weighted by Crippen LogP contribution is 2.28. The number of anilines is 1. The molecular weight excluding hydrogens is 396 g/mol. The minimum Gasteiger partial charge on any atom is -0.494 e. The van der Waals surface area contributed by atoms with Crippen molar-refractivity contribution in [2.24, 2.45) is 7.05 Å². The van der Waals surface area contributed by atoms with Crippen molar-refractivity contribution in [2.45, 2.75) is 32.4 Å². The van der Waals surface area contributed by atoms with Gasteiger partial charge in [0, 0.05) is 44.3 Å². The van der Waals surface area contributed by atoms with Crippen molar-refractivity contribution >= 4 is 17.6 Å². The number of carbonyl (C=O) groups excluding carboxylic acids is 2. The third-order valence-electron chi connectivity index (χ3n) is 5.29. The van der Waals surface area contributed by atoms with Crippen LogP contribution in [0.2, 0.25) is 0 Å². The fraction of sp³-hybridized carbons (Fsp3) is 0.478. The first-order chi connectivity index (χ1) is 15.0. The smallest absolute Gasteiger partial charge is 0.322 e. The van der Waals surface area contributed by atoms with E-state index >= 15 is 0 Å². The van der Waals surface area contributed by atoms with Crippen LogP contribution >= 0.6 is 0 Å². The van der Waals surface area contributed by atoms with Crippen LogP contribution in [0.4, 0.5) is 10.5 Å². The van der Waals surface area contributed by atoms with Crippen molar-refractivity contribution < 1.29 is 19.1 Å². The molecule has 0 unspecified atom stereocenters. The van der Waals surface area contributed by atoms with E-state index in [2.05, 4.69) is 5.32 Å². The topological polar surface area (TPSA) is 76.0 Å². The summed E-state index contributed by atoms with van der Waals surface area (Å²) in [6, 6.07) is 11.1. The summed E-state index contributed by atoms with van der Waals surface area (Å²) in [6.45, 7) is 3.74. The minimum atomic E-state index is -0.329. The molecule has 1 N–H and O–H groups in total. The number of aryl methyl sites for hydroxylation is 1. The van der Waals surface area contributed by atoms with Gasteiger partial charge in [0.1, 0.15) is 12.3 Å². The molecule has 1 aliphatic rings. The molecule has 0 spiro atoms.